The molecule has 1 N–H and O–H groups in total. The molecule has 0 aromatic carbocycles. The molecule has 0 aromatic rings. The Bertz CT molecular complexity index is 367. The average Bonchev–Trinajstić information content (AvgIpc) is 2.33. The highest BCUT2D eigenvalue weighted by Gasteiger charge is 2.50. The topological polar surface area (TPSA) is 49.4 Å². The van der Waals surface area contributed by atoms with E-state index < -0.39 is 11.6 Å². The second-order valence-corrected chi connectivity index (χ2v) is 6.71. The van der Waals surface area contributed by atoms with E-state index in [-0.39, 0.29) is 23.3 Å². The minimum absolute atomic E-state index is 0.0264. The SMILES string of the molecule is CCC1(CC)NC(=O)C(C)N(C(C)C(C)(C)C)C1=O. The summed E-state index contributed by atoms with van der Waals surface area (Å²) in [5.74, 6) is 0.0198. The molecule has 0 spiro atoms. The van der Waals surface area contributed by atoms with Gasteiger partial charge in [-0.25, -0.2) is 0 Å². The summed E-state index contributed by atoms with van der Waals surface area (Å²) < 4.78 is 0. The van der Waals surface area contributed by atoms with Gasteiger partial charge in [-0.05, 0) is 32.1 Å². The van der Waals surface area contributed by atoms with Crippen LogP contribution in [0.1, 0.15) is 61.3 Å². The third-order valence-corrected chi connectivity index (χ3v) is 4.68. The number of rotatable bonds is 3. The molecule has 110 valence electrons. The van der Waals surface area contributed by atoms with Crippen LogP contribution >= 0.6 is 0 Å². The molecule has 1 saturated heterocycles. The van der Waals surface area contributed by atoms with E-state index in [1.807, 2.05) is 27.7 Å². The lowest BCUT2D eigenvalue weighted by Crippen LogP contribution is -2.71. The van der Waals surface area contributed by atoms with Gasteiger partial charge in [0.15, 0.2) is 0 Å². The average molecular weight is 268 g/mol. The summed E-state index contributed by atoms with van der Waals surface area (Å²) in [5, 5.41) is 2.93. The predicted octanol–water partition coefficient (Wildman–Crippen LogP) is 2.33. The summed E-state index contributed by atoms with van der Waals surface area (Å²) in [6.07, 6.45) is 1.27. The van der Waals surface area contributed by atoms with Crippen LogP contribution in [0.15, 0.2) is 0 Å². The number of piperazine rings is 1. The summed E-state index contributed by atoms with van der Waals surface area (Å²) in [6, 6.07) is -0.369. The third kappa shape index (κ3) is 2.63. The van der Waals surface area contributed by atoms with Crippen LogP contribution in [0.4, 0.5) is 0 Å². The van der Waals surface area contributed by atoms with Crippen LogP contribution in [0.3, 0.4) is 0 Å². The highest BCUT2D eigenvalue weighted by Crippen LogP contribution is 2.32. The lowest BCUT2D eigenvalue weighted by molar-refractivity contribution is -0.159. The van der Waals surface area contributed by atoms with Crippen molar-refractivity contribution >= 4 is 11.8 Å². The first-order chi connectivity index (χ1) is 8.60. The van der Waals surface area contributed by atoms with E-state index >= 15 is 0 Å². The molecule has 1 aliphatic rings. The first kappa shape index (κ1) is 16.0. The third-order valence-electron chi connectivity index (χ3n) is 4.68. The van der Waals surface area contributed by atoms with Crippen LogP contribution < -0.4 is 5.32 Å². The predicted molar refractivity (Wildman–Crippen MR) is 76.7 cm³/mol. The van der Waals surface area contributed by atoms with Crippen LogP contribution in [0.2, 0.25) is 0 Å². The molecule has 2 amide bonds. The van der Waals surface area contributed by atoms with Crippen molar-refractivity contribution in [3.8, 4) is 0 Å². The van der Waals surface area contributed by atoms with E-state index in [9.17, 15) is 9.59 Å². The summed E-state index contributed by atoms with van der Waals surface area (Å²) in [4.78, 5) is 26.9. The van der Waals surface area contributed by atoms with E-state index in [4.69, 9.17) is 0 Å². The monoisotopic (exact) mass is 268 g/mol. The highest BCUT2D eigenvalue weighted by molar-refractivity contribution is 5.99. The van der Waals surface area contributed by atoms with E-state index in [0.717, 1.165) is 0 Å². The molecule has 0 bridgehead atoms. The molecule has 19 heavy (non-hydrogen) atoms. The second-order valence-electron chi connectivity index (χ2n) is 6.71. The smallest absolute Gasteiger partial charge is 0.249 e. The van der Waals surface area contributed by atoms with Crippen LogP contribution in [0.25, 0.3) is 0 Å². The van der Waals surface area contributed by atoms with Crippen LogP contribution in [0.5, 0.6) is 0 Å². The molecule has 0 radical (unpaired) electrons. The number of hydrogen-bond acceptors (Lipinski definition) is 2. The van der Waals surface area contributed by atoms with Gasteiger partial charge in [-0.15, -0.1) is 0 Å². The quantitative estimate of drug-likeness (QED) is 0.854. The molecule has 4 heteroatoms. The van der Waals surface area contributed by atoms with Gasteiger partial charge in [-0.2, -0.15) is 0 Å². The Morgan fingerprint density at radius 1 is 1.26 bits per heavy atom. The van der Waals surface area contributed by atoms with Gasteiger partial charge in [0.05, 0.1) is 0 Å². The van der Waals surface area contributed by atoms with E-state index in [1.165, 1.54) is 0 Å². The van der Waals surface area contributed by atoms with Crippen molar-refractivity contribution in [3.63, 3.8) is 0 Å². The van der Waals surface area contributed by atoms with Crippen molar-refractivity contribution in [2.75, 3.05) is 0 Å². The molecule has 4 nitrogen and oxygen atoms in total. The van der Waals surface area contributed by atoms with Gasteiger partial charge in [-0.3, -0.25) is 9.59 Å². The van der Waals surface area contributed by atoms with Gasteiger partial charge in [0.25, 0.3) is 0 Å². The number of nitrogens with one attached hydrogen (secondary N) is 1. The van der Waals surface area contributed by atoms with Gasteiger partial charge in [0.1, 0.15) is 11.6 Å². The minimum atomic E-state index is -0.719. The molecule has 0 saturated carbocycles. The van der Waals surface area contributed by atoms with Crippen molar-refractivity contribution in [2.45, 2.75) is 78.9 Å². The maximum absolute atomic E-state index is 12.9. The number of nitrogens with zero attached hydrogens (tertiary/aromatic N) is 1. The molecule has 2 unspecified atom stereocenters. The van der Waals surface area contributed by atoms with Gasteiger partial charge in [0, 0.05) is 6.04 Å². The molecule has 1 aliphatic heterocycles. The summed E-state index contributed by atoms with van der Waals surface area (Å²) in [6.45, 7) is 14.1. The van der Waals surface area contributed by atoms with Gasteiger partial charge < -0.3 is 10.2 Å². The van der Waals surface area contributed by atoms with Crippen molar-refractivity contribution < 1.29 is 9.59 Å². The van der Waals surface area contributed by atoms with Crippen LogP contribution in [-0.2, 0) is 9.59 Å². The first-order valence-electron chi connectivity index (χ1n) is 7.25. The maximum Gasteiger partial charge on any atom is 0.249 e. The van der Waals surface area contributed by atoms with Crippen molar-refractivity contribution in [3.05, 3.63) is 0 Å². The number of amides is 2. The fraction of sp³-hybridized carbons (Fsp3) is 0.867. The van der Waals surface area contributed by atoms with Crippen LogP contribution in [0, 0.1) is 5.41 Å². The largest absolute Gasteiger partial charge is 0.340 e. The lowest BCUT2D eigenvalue weighted by atomic mass is 9.81. The van der Waals surface area contributed by atoms with E-state index in [0.29, 0.717) is 12.8 Å². The van der Waals surface area contributed by atoms with Crippen molar-refractivity contribution in [1.29, 1.82) is 0 Å². The molecule has 1 heterocycles. The minimum Gasteiger partial charge on any atom is -0.340 e. The number of hydrogen-bond donors (Lipinski definition) is 1. The Balaban J connectivity index is 3.21. The summed E-state index contributed by atoms with van der Waals surface area (Å²) in [5.41, 5.74) is -0.766. The van der Waals surface area contributed by atoms with Gasteiger partial charge >= 0.3 is 0 Å². The zero-order chi connectivity index (χ0) is 15.0. The number of carbonyl (C=O) groups excluding carboxylic acids is 2. The van der Waals surface area contributed by atoms with Crippen molar-refractivity contribution in [2.24, 2.45) is 5.41 Å². The Morgan fingerprint density at radius 3 is 2.11 bits per heavy atom. The molecular weight excluding hydrogens is 240 g/mol. The molecule has 1 fully saturated rings. The second kappa shape index (κ2) is 5.14. The van der Waals surface area contributed by atoms with E-state index in [1.54, 1.807) is 4.90 Å². The van der Waals surface area contributed by atoms with Gasteiger partial charge in [-0.1, -0.05) is 34.6 Å². The molecular formula is C15H28N2O2. The van der Waals surface area contributed by atoms with Crippen LogP contribution in [-0.4, -0.2) is 34.3 Å². The summed E-state index contributed by atoms with van der Waals surface area (Å²) >= 11 is 0. The Labute approximate surface area is 116 Å². The fourth-order valence-corrected chi connectivity index (χ4v) is 2.60. The van der Waals surface area contributed by atoms with Gasteiger partial charge in [0.2, 0.25) is 11.8 Å². The normalized spacial score (nSPS) is 25.2. The highest BCUT2D eigenvalue weighted by atomic mass is 16.2. The first-order valence-corrected chi connectivity index (χ1v) is 7.25. The molecule has 1 rings (SSSR count). The van der Waals surface area contributed by atoms with Crippen molar-refractivity contribution in [1.82, 2.24) is 10.2 Å². The Kier molecular flexibility index (Phi) is 4.33. The maximum atomic E-state index is 12.9. The number of carbonyl (C=O) groups is 2. The molecule has 0 aliphatic carbocycles. The molecule has 0 aromatic heterocycles. The van der Waals surface area contributed by atoms with E-state index in [2.05, 4.69) is 26.1 Å². The zero-order valence-corrected chi connectivity index (χ0v) is 13.3. The lowest BCUT2D eigenvalue weighted by Gasteiger charge is -2.49. The molecule has 2 atom stereocenters. The fourth-order valence-electron chi connectivity index (χ4n) is 2.60. The Hall–Kier alpha value is -1.06. The Morgan fingerprint density at radius 2 is 1.74 bits per heavy atom. The zero-order valence-electron chi connectivity index (χ0n) is 13.3. The standard InChI is InChI=1S/C15H28N2O2/c1-8-15(9-2)13(19)17(10(3)12(18)16-15)11(4)14(5,6)7/h10-11H,8-9H2,1-7H3,(H,16,18). The summed E-state index contributed by atoms with van der Waals surface area (Å²) in [7, 11) is 0.